The maximum atomic E-state index is 11.7. The van der Waals surface area contributed by atoms with E-state index in [1.807, 2.05) is 98.4 Å². The van der Waals surface area contributed by atoms with Crippen LogP contribution in [0.4, 0.5) is 4.79 Å². The number of aryl methyl sites for hydroxylation is 3. The molecule has 3 aliphatic heterocycles. The summed E-state index contributed by atoms with van der Waals surface area (Å²) in [5.41, 5.74) is 6.01. The predicted molar refractivity (Wildman–Crippen MR) is 265 cm³/mol. The van der Waals surface area contributed by atoms with Crippen molar-refractivity contribution in [2.45, 2.75) is 135 Å². The number of thioether (sulfide) groups is 1. The quantitative estimate of drug-likeness (QED) is 0.173. The summed E-state index contributed by atoms with van der Waals surface area (Å²) in [5.74, 6) is 3.12. The molecule has 0 unspecified atom stereocenters. The third-order valence-corrected chi connectivity index (χ3v) is 14.4. The minimum Gasteiger partial charge on any atom is -0.445 e. The number of likely N-dealkylation sites (tertiary alicyclic amines) is 1. The van der Waals surface area contributed by atoms with Crippen molar-refractivity contribution in [3.05, 3.63) is 118 Å². The van der Waals surface area contributed by atoms with E-state index in [4.69, 9.17) is 14.2 Å². The number of aromatic nitrogens is 2. The number of hydrogen-bond donors (Lipinski definition) is 0. The molecule has 4 aliphatic carbocycles. The highest BCUT2D eigenvalue weighted by Crippen LogP contribution is 2.46. The van der Waals surface area contributed by atoms with Crippen LogP contribution >= 0.6 is 11.8 Å². The maximum Gasteiger partial charge on any atom is 0.410 e. The molecule has 14 nitrogen and oxygen atoms in total. The second-order valence-electron chi connectivity index (χ2n) is 18.6. The van der Waals surface area contributed by atoms with Gasteiger partial charge >= 0.3 is 6.09 Å². The summed E-state index contributed by atoms with van der Waals surface area (Å²) in [6.45, 7) is 6.34. The van der Waals surface area contributed by atoms with E-state index in [-0.39, 0.29) is 30.0 Å². The number of nitrogens with zero attached hydrogens (tertiary/aromatic N) is 3. The summed E-state index contributed by atoms with van der Waals surface area (Å²) in [6.07, 6.45) is 13.7. The molecule has 0 N–H and O–H groups in total. The fraction of sp³-hybridized carbons (Fsp3) is 0.509. The monoisotopic (exact) mass is 977 g/mol. The van der Waals surface area contributed by atoms with Gasteiger partial charge in [-0.25, -0.2) is 9.42 Å². The van der Waals surface area contributed by atoms with Gasteiger partial charge in [0.1, 0.15) is 29.7 Å². The topological polar surface area (TPSA) is 189 Å². The second kappa shape index (κ2) is 27.1. The van der Waals surface area contributed by atoms with Gasteiger partial charge in [-0.3, -0.25) is 28.8 Å². The third kappa shape index (κ3) is 15.4. The fourth-order valence-corrected chi connectivity index (χ4v) is 10.0. The lowest BCUT2D eigenvalue weighted by Crippen LogP contribution is -2.53. The van der Waals surface area contributed by atoms with E-state index >= 15 is 0 Å². The maximum absolute atomic E-state index is 11.7. The van der Waals surface area contributed by atoms with E-state index in [2.05, 4.69) is 21.0 Å². The van der Waals surface area contributed by atoms with Crippen molar-refractivity contribution in [1.29, 1.82) is 0 Å². The van der Waals surface area contributed by atoms with E-state index in [9.17, 15) is 33.6 Å². The van der Waals surface area contributed by atoms with Gasteiger partial charge in [0.05, 0.1) is 18.6 Å². The number of fused-ring (bicyclic) bond motifs is 3. The van der Waals surface area contributed by atoms with Gasteiger partial charge in [-0.05, 0) is 87.1 Å². The van der Waals surface area contributed by atoms with E-state index in [1.54, 1.807) is 4.90 Å². The molecule has 4 fully saturated rings. The van der Waals surface area contributed by atoms with E-state index in [0.29, 0.717) is 75.0 Å². The molecule has 0 bridgehead atoms. The molecule has 11 rings (SSSR count). The van der Waals surface area contributed by atoms with Crippen LogP contribution in [0.3, 0.4) is 0 Å². The van der Waals surface area contributed by atoms with E-state index in [1.165, 1.54) is 11.1 Å². The first kappa shape index (κ1) is 53.7. The molecule has 15 heteroatoms. The summed E-state index contributed by atoms with van der Waals surface area (Å²) in [4.78, 5) is 80.2. The lowest BCUT2D eigenvalue weighted by atomic mass is 9.71. The van der Waals surface area contributed by atoms with Crippen LogP contribution in [0.25, 0.3) is 0 Å². The summed E-state index contributed by atoms with van der Waals surface area (Å²) in [6, 6.07) is 25.4. The highest BCUT2D eigenvalue weighted by Gasteiger charge is 2.55. The number of carbonyl (C=O) groups is 7. The number of hydrogen-bond acceptors (Lipinski definition) is 14. The molecule has 70 heavy (non-hydrogen) atoms. The number of rotatable bonds is 2. The van der Waals surface area contributed by atoms with Gasteiger partial charge in [0.15, 0.2) is 28.8 Å². The normalized spacial score (nSPS) is 19.7. The van der Waals surface area contributed by atoms with Gasteiger partial charge in [-0.15, -0.1) is 0 Å². The Morgan fingerprint density at radius 3 is 1.76 bits per heavy atom. The Morgan fingerprint density at radius 1 is 0.600 bits per heavy atom. The molecular weight excluding hydrogens is 911 g/mol. The number of ketones is 6. The number of Topliss-reactive ketones (excluding diaryl/α,β-unsaturated/α-hetero) is 6. The van der Waals surface area contributed by atoms with Crippen LogP contribution in [-0.2, 0) is 54.5 Å². The first-order valence-electron chi connectivity index (χ1n) is 24.8. The van der Waals surface area contributed by atoms with Gasteiger partial charge in [-0.2, -0.15) is 11.8 Å². The number of ether oxygens (including phenoxy) is 3. The van der Waals surface area contributed by atoms with Crippen LogP contribution in [0.15, 0.2) is 83.5 Å². The summed E-state index contributed by atoms with van der Waals surface area (Å²) in [7, 11) is 0. The summed E-state index contributed by atoms with van der Waals surface area (Å²) >= 11 is 1.88. The molecule has 1 amide bonds. The van der Waals surface area contributed by atoms with Crippen molar-refractivity contribution < 1.29 is 52.4 Å². The fourth-order valence-electron chi connectivity index (χ4n) is 9.07. The lowest BCUT2D eigenvalue weighted by Gasteiger charge is -2.44. The van der Waals surface area contributed by atoms with Crippen LogP contribution in [0.1, 0.15) is 157 Å². The summed E-state index contributed by atoms with van der Waals surface area (Å²) < 4.78 is 20.8. The standard InChI is InChI=1S/C13H15NO3.C11H12O.C10H16O3.C10H10O.C6H6N2O2.C5H8OS/c15-12-6-8-14(9-7-12)13(16)17-10-11-4-2-1-3-5-11;12-11-8-4-2-6-9-5-1-3-7-10(9)11;1-9(2)8(11)4-3-5-10(9)12-6-7-13-10;11-10-7-3-5-8-4-1-2-6-9(8)10;9-5-3-1-2-4-6(5)8-10-7-4;6-5-1-3-7-4-2-5/h1-5H,6-10H2;1,3,5,7H,2,4,6,8H2;3-7H2,1-2H3;1-2,4,6H,3,5,7H2;1-3H2;1-4H2. The minimum atomic E-state index is -0.609. The van der Waals surface area contributed by atoms with Crippen LogP contribution in [0.2, 0.25) is 0 Å². The smallest absolute Gasteiger partial charge is 0.410 e. The average Bonchev–Trinajstić information content (AvgIpc) is 4.04. The Bertz CT molecular complexity index is 2390. The Kier molecular flexibility index (Phi) is 20.8. The third-order valence-electron chi connectivity index (χ3n) is 13.4. The Balaban J connectivity index is 0.000000140. The molecule has 1 saturated carbocycles. The van der Waals surface area contributed by atoms with Crippen LogP contribution in [0, 0.1) is 5.41 Å². The Morgan fingerprint density at radius 2 is 1.14 bits per heavy atom. The molecule has 3 aromatic carbocycles. The average molecular weight is 978 g/mol. The number of carbonyl (C=O) groups excluding carboxylic acids is 7. The summed E-state index contributed by atoms with van der Waals surface area (Å²) in [5, 5.41) is 7.10. The van der Waals surface area contributed by atoms with Crippen LogP contribution in [-0.4, -0.2) is 99.6 Å². The Hall–Kier alpha value is -5.64. The minimum absolute atomic E-state index is 0.0579. The largest absolute Gasteiger partial charge is 0.445 e. The molecule has 7 aliphatic rings. The van der Waals surface area contributed by atoms with E-state index < -0.39 is 11.2 Å². The van der Waals surface area contributed by atoms with E-state index in [0.717, 1.165) is 117 Å². The van der Waals surface area contributed by atoms with Crippen molar-refractivity contribution >= 4 is 52.6 Å². The van der Waals surface area contributed by atoms with Gasteiger partial charge in [0, 0.05) is 93.5 Å². The molecule has 374 valence electrons. The highest BCUT2D eigenvalue weighted by atomic mass is 32.2. The van der Waals surface area contributed by atoms with Crippen LogP contribution < -0.4 is 0 Å². The van der Waals surface area contributed by atoms with Crippen molar-refractivity contribution in [3.63, 3.8) is 0 Å². The van der Waals surface area contributed by atoms with Gasteiger partial charge < -0.3 is 19.1 Å². The molecule has 4 aromatic rings. The lowest BCUT2D eigenvalue weighted by molar-refractivity contribution is -0.236. The highest BCUT2D eigenvalue weighted by molar-refractivity contribution is 7.99. The van der Waals surface area contributed by atoms with Gasteiger partial charge in [0.2, 0.25) is 0 Å². The SMILES string of the molecule is CC1(C)C(=O)CCCC12OCCO2.O=C1CCCCc2ccccc21.O=C1CCCc2ccccc21.O=C1CCCc2nonc21.O=C1CCN(C(=O)OCc2ccccc2)CC1.O=C1CCSCC1. The number of piperidine rings is 1. The molecule has 0 atom stereocenters. The number of amides is 1. The molecule has 1 spiro atoms. The predicted octanol–water partition coefficient (Wildman–Crippen LogP) is 9.97. The second-order valence-corrected chi connectivity index (χ2v) is 19.9. The zero-order valence-electron chi connectivity index (χ0n) is 40.7. The molecular formula is C55H67N3O11S. The molecule has 4 heterocycles. The van der Waals surface area contributed by atoms with Gasteiger partial charge in [0.25, 0.3) is 0 Å². The van der Waals surface area contributed by atoms with Crippen molar-refractivity contribution in [3.8, 4) is 0 Å². The van der Waals surface area contributed by atoms with Crippen molar-refractivity contribution in [2.75, 3.05) is 37.8 Å². The zero-order chi connectivity index (χ0) is 49.8. The first-order valence-corrected chi connectivity index (χ1v) is 26.0. The van der Waals surface area contributed by atoms with Crippen molar-refractivity contribution in [2.24, 2.45) is 5.41 Å². The first-order chi connectivity index (χ1) is 33.9. The van der Waals surface area contributed by atoms with Gasteiger partial charge in [-0.1, -0.05) is 84.0 Å². The molecule has 1 aromatic heterocycles. The Labute approximate surface area is 415 Å². The molecule has 0 radical (unpaired) electrons. The van der Waals surface area contributed by atoms with Crippen molar-refractivity contribution in [1.82, 2.24) is 15.2 Å². The molecule has 3 saturated heterocycles. The van der Waals surface area contributed by atoms with Crippen LogP contribution in [0.5, 0.6) is 0 Å². The number of benzene rings is 3. The zero-order valence-corrected chi connectivity index (χ0v) is 41.5.